The number of hydrogen-bond donors (Lipinski definition) is 1. The number of fused-ring (bicyclic) bond motifs is 1. The summed E-state index contributed by atoms with van der Waals surface area (Å²) in [6.45, 7) is 4.51. The summed E-state index contributed by atoms with van der Waals surface area (Å²) in [6.07, 6.45) is 5.73. The van der Waals surface area contributed by atoms with Crippen LogP contribution in [0.2, 0.25) is 0 Å². The van der Waals surface area contributed by atoms with E-state index in [-0.39, 0.29) is 0 Å². The molecule has 0 unspecified atom stereocenters. The van der Waals surface area contributed by atoms with E-state index in [0.717, 1.165) is 41.4 Å². The molecule has 3 aromatic rings. The number of nitrogens with zero attached hydrogens (tertiary/aromatic N) is 5. The number of piperidine rings is 1. The van der Waals surface area contributed by atoms with Crippen molar-refractivity contribution in [1.82, 2.24) is 19.5 Å². The molecule has 1 aromatic carbocycles. The number of nitrogen functional groups attached to an aromatic ring is 1. The molecule has 0 amide bonds. The monoisotopic (exact) mass is 322 g/mol. The Morgan fingerprint density at radius 3 is 2.96 bits per heavy atom. The lowest BCUT2D eigenvalue weighted by molar-refractivity contribution is 0.447. The SMILES string of the molecule is C[C@@H]1CCCN(c2cccc3nc(-c4cncnc4N)n(C)c23)C1. The van der Waals surface area contributed by atoms with Gasteiger partial charge in [0, 0.05) is 26.3 Å². The lowest BCUT2D eigenvalue weighted by Crippen LogP contribution is -2.34. The van der Waals surface area contributed by atoms with E-state index in [0.29, 0.717) is 5.82 Å². The fraction of sp³-hybridized carbons (Fsp3) is 0.389. The van der Waals surface area contributed by atoms with Crippen LogP contribution in [0.5, 0.6) is 0 Å². The molecule has 1 aliphatic heterocycles. The number of benzene rings is 1. The maximum atomic E-state index is 6.03. The minimum atomic E-state index is 0.455. The summed E-state index contributed by atoms with van der Waals surface area (Å²) < 4.78 is 2.11. The molecule has 6 heteroatoms. The minimum absolute atomic E-state index is 0.455. The number of hydrogen-bond acceptors (Lipinski definition) is 5. The second kappa shape index (κ2) is 5.78. The van der Waals surface area contributed by atoms with Crippen LogP contribution in [0.3, 0.4) is 0 Å². The first-order valence-electron chi connectivity index (χ1n) is 8.41. The van der Waals surface area contributed by atoms with Gasteiger partial charge in [-0.1, -0.05) is 13.0 Å². The Labute approximate surface area is 141 Å². The van der Waals surface area contributed by atoms with E-state index in [2.05, 4.69) is 44.6 Å². The molecule has 124 valence electrons. The second-order valence-electron chi connectivity index (χ2n) is 6.65. The van der Waals surface area contributed by atoms with Crippen LogP contribution in [-0.4, -0.2) is 32.6 Å². The van der Waals surface area contributed by atoms with Gasteiger partial charge in [-0.2, -0.15) is 0 Å². The topological polar surface area (TPSA) is 72.9 Å². The van der Waals surface area contributed by atoms with E-state index in [1.807, 2.05) is 7.05 Å². The molecule has 0 radical (unpaired) electrons. The molecule has 0 saturated carbocycles. The summed E-state index contributed by atoms with van der Waals surface area (Å²) in [7, 11) is 2.04. The van der Waals surface area contributed by atoms with Crippen LogP contribution in [0.15, 0.2) is 30.7 Å². The van der Waals surface area contributed by atoms with Gasteiger partial charge in [0.25, 0.3) is 0 Å². The smallest absolute Gasteiger partial charge is 0.146 e. The van der Waals surface area contributed by atoms with Crippen molar-refractivity contribution < 1.29 is 0 Å². The Morgan fingerprint density at radius 2 is 2.17 bits per heavy atom. The Bertz CT molecular complexity index is 884. The third-order valence-electron chi connectivity index (χ3n) is 4.85. The van der Waals surface area contributed by atoms with Crippen molar-refractivity contribution in [1.29, 1.82) is 0 Å². The molecule has 1 fully saturated rings. The van der Waals surface area contributed by atoms with E-state index in [1.165, 1.54) is 24.9 Å². The van der Waals surface area contributed by atoms with Crippen LogP contribution >= 0.6 is 0 Å². The highest BCUT2D eigenvalue weighted by Crippen LogP contribution is 2.33. The summed E-state index contributed by atoms with van der Waals surface area (Å²) in [5, 5.41) is 0. The van der Waals surface area contributed by atoms with Crippen molar-refractivity contribution in [2.45, 2.75) is 19.8 Å². The summed E-state index contributed by atoms with van der Waals surface area (Å²) in [4.78, 5) is 15.5. The molecule has 0 bridgehead atoms. The molecule has 1 atom stereocenters. The van der Waals surface area contributed by atoms with Gasteiger partial charge in [-0.15, -0.1) is 0 Å². The molecule has 0 spiro atoms. The predicted molar refractivity (Wildman–Crippen MR) is 96.8 cm³/mol. The quantitative estimate of drug-likeness (QED) is 0.785. The Morgan fingerprint density at radius 1 is 1.29 bits per heavy atom. The van der Waals surface area contributed by atoms with Gasteiger partial charge >= 0.3 is 0 Å². The van der Waals surface area contributed by atoms with E-state index >= 15 is 0 Å². The highest BCUT2D eigenvalue weighted by molar-refractivity contribution is 5.92. The van der Waals surface area contributed by atoms with Gasteiger partial charge in [0.2, 0.25) is 0 Å². The molecular formula is C18H22N6. The highest BCUT2D eigenvalue weighted by Gasteiger charge is 2.21. The summed E-state index contributed by atoms with van der Waals surface area (Å²) in [6, 6.07) is 6.32. The minimum Gasteiger partial charge on any atom is -0.383 e. The first kappa shape index (κ1) is 14.9. The molecule has 2 N–H and O–H groups in total. The van der Waals surface area contributed by atoms with Gasteiger partial charge in [0.05, 0.1) is 22.3 Å². The molecule has 3 heterocycles. The van der Waals surface area contributed by atoms with Crippen molar-refractivity contribution in [3.8, 4) is 11.4 Å². The van der Waals surface area contributed by atoms with Crippen molar-refractivity contribution in [3.63, 3.8) is 0 Å². The number of aryl methyl sites for hydroxylation is 1. The molecule has 24 heavy (non-hydrogen) atoms. The van der Waals surface area contributed by atoms with Crippen LogP contribution in [0.25, 0.3) is 22.4 Å². The third-order valence-corrected chi connectivity index (χ3v) is 4.85. The molecule has 2 aromatic heterocycles. The number of nitrogens with two attached hydrogens (primary N) is 1. The van der Waals surface area contributed by atoms with Crippen LogP contribution < -0.4 is 10.6 Å². The lowest BCUT2D eigenvalue weighted by atomic mass is 9.99. The molecular weight excluding hydrogens is 300 g/mol. The van der Waals surface area contributed by atoms with Crippen molar-refractivity contribution in [2.24, 2.45) is 13.0 Å². The first-order valence-corrected chi connectivity index (χ1v) is 8.41. The van der Waals surface area contributed by atoms with Gasteiger partial charge < -0.3 is 15.2 Å². The standard InChI is InChI=1S/C18H22N6/c1-12-5-4-8-24(10-12)15-7-3-6-14-16(15)23(2)18(22-14)13-9-20-11-21-17(13)19/h3,6-7,9,11-12H,4-5,8,10H2,1-2H3,(H2,19,20,21)/t12-/m1/s1. The normalized spacial score (nSPS) is 18.2. The Hall–Kier alpha value is -2.63. The number of para-hydroxylation sites is 1. The number of aromatic nitrogens is 4. The number of rotatable bonds is 2. The maximum absolute atomic E-state index is 6.03. The van der Waals surface area contributed by atoms with Gasteiger partial charge in [-0.25, -0.2) is 15.0 Å². The second-order valence-corrected chi connectivity index (χ2v) is 6.65. The van der Waals surface area contributed by atoms with Crippen LogP contribution in [-0.2, 0) is 7.05 Å². The van der Waals surface area contributed by atoms with Crippen molar-refractivity contribution in [2.75, 3.05) is 23.7 Å². The third kappa shape index (κ3) is 2.38. The van der Waals surface area contributed by atoms with E-state index in [4.69, 9.17) is 10.7 Å². The van der Waals surface area contributed by atoms with Crippen LogP contribution in [0, 0.1) is 5.92 Å². The number of imidazole rings is 1. The fourth-order valence-electron chi connectivity index (χ4n) is 3.66. The first-order chi connectivity index (χ1) is 11.6. The van der Waals surface area contributed by atoms with Gasteiger partial charge in [-0.3, -0.25) is 0 Å². The highest BCUT2D eigenvalue weighted by atomic mass is 15.2. The van der Waals surface area contributed by atoms with E-state index in [9.17, 15) is 0 Å². The number of anilines is 2. The van der Waals surface area contributed by atoms with Gasteiger partial charge in [0.1, 0.15) is 18.0 Å². The van der Waals surface area contributed by atoms with Crippen molar-refractivity contribution in [3.05, 3.63) is 30.7 Å². The van der Waals surface area contributed by atoms with Crippen LogP contribution in [0.1, 0.15) is 19.8 Å². The molecule has 6 nitrogen and oxygen atoms in total. The van der Waals surface area contributed by atoms with Crippen LogP contribution in [0.4, 0.5) is 11.5 Å². The zero-order chi connectivity index (χ0) is 16.7. The van der Waals surface area contributed by atoms with E-state index < -0.39 is 0 Å². The zero-order valence-electron chi connectivity index (χ0n) is 14.1. The summed E-state index contributed by atoms with van der Waals surface area (Å²) >= 11 is 0. The molecule has 1 saturated heterocycles. The Kier molecular flexibility index (Phi) is 3.59. The fourth-order valence-corrected chi connectivity index (χ4v) is 3.66. The lowest BCUT2D eigenvalue weighted by Gasteiger charge is -2.33. The van der Waals surface area contributed by atoms with E-state index in [1.54, 1.807) is 6.20 Å². The molecule has 1 aliphatic rings. The Balaban J connectivity index is 1.87. The predicted octanol–water partition coefficient (Wildman–Crippen LogP) is 2.85. The maximum Gasteiger partial charge on any atom is 0.146 e. The average Bonchev–Trinajstić information content (AvgIpc) is 2.92. The van der Waals surface area contributed by atoms with Gasteiger partial charge in [-0.05, 0) is 30.9 Å². The summed E-state index contributed by atoms with van der Waals surface area (Å²) in [5.74, 6) is 1.98. The zero-order valence-corrected chi connectivity index (χ0v) is 14.1. The molecule has 4 rings (SSSR count). The average molecular weight is 322 g/mol. The molecule has 0 aliphatic carbocycles. The van der Waals surface area contributed by atoms with Crippen molar-refractivity contribution >= 4 is 22.5 Å². The summed E-state index contributed by atoms with van der Waals surface area (Å²) in [5.41, 5.74) is 10.2. The van der Waals surface area contributed by atoms with Gasteiger partial charge in [0.15, 0.2) is 0 Å². The largest absolute Gasteiger partial charge is 0.383 e.